The minimum absolute atomic E-state index is 0.0502. The van der Waals surface area contributed by atoms with Gasteiger partial charge in [-0.1, -0.05) is 0 Å². The molecule has 3 nitrogen and oxygen atoms in total. The molecular formula is C12H15F2NO2. The largest absolute Gasteiger partial charge is 0.487 e. The Morgan fingerprint density at radius 3 is 2.71 bits per heavy atom. The first-order chi connectivity index (χ1) is 8.05. The van der Waals surface area contributed by atoms with Crippen molar-refractivity contribution in [3.05, 3.63) is 29.8 Å². The summed E-state index contributed by atoms with van der Waals surface area (Å²) in [5, 5.41) is 10.1. The summed E-state index contributed by atoms with van der Waals surface area (Å²) in [7, 11) is 0. The fourth-order valence-electron chi connectivity index (χ4n) is 1.75. The number of nitrogens with two attached hydrogens (primary N) is 1. The van der Waals surface area contributed by atoms with Crippen LogP contribution in [0.5, 0.6) is 5.75 Å². The molecule has 0 saturated heterocycles. The van der Waals surface area contributed by atoms with Gasteiger partial charge in [-0.05, 0) is 30.9 Å². The predicted octanol–water partition coefficient (Wildman–Crippen LogP) is 1.44. The molecule has 1 aromatic rings. The van der Waals surface area contributed by atoms with E-state index >= 15 is 0 Å². The lowest BCUT2D eigenvalue weighted by Gasteiger charge is -2.26. The summed E-state index contributed by atoms with van der Waals surface area (Å²) in [6, 6.07) is 2.96. The predicted molar refractivity (Wildman–Crippen MR) is 58.6 cm³/mol. The zero-order valence-corrected chi connectivity index (χ0v) is 9.33. The van der Waals surface area contributed by atoms with Crippen LogP contribution in [0, 0.1) is 17.6 Å². The van der Waals surface area contributed by atoms with Crippen LogP contribution >= 0.6 is 0 Å². The van der Waals surface area contributed by atoms with Crippen molar-refractivity contribution in [1.82, 2.24) is 0 Å². The molecule has 0 amide bonds. The highest BCUT2D eigenvalue weighted by molar-refractivity contribution is 5.25. The molecule has 17 heavy (non-hydrogen) atoms. The van der Waals surface area contributed by atoms with Crippen molar-refractivity contribution in [3.8, 4) is 5.75 Å². The summed E-state index contributed by atoms with van der Waals surface area (Å²) in [6.07, 6.45) is 1.78. The Morgan fingerprint density at radius 1 is 1.41 bits per heavy atom. The Kier molecular flexibility index (Phi) is 3.31. The van der Waals surface area contributed by atoms with Gasteiger partial charge < -0.3 is 15.6 Å². The van der Waals surface area contributed by atoms with Crippen molar-refractivity contribution in [1.29, 1.82) is 0 Å². The quantitative estimate of drug-likeness (QED) is 0.822. The molecule has 0 bridgehead atoms. The first kappa shape index (κ1) is 12.3. The summed E-state index contributed by atoms with van der Waals surface area (Å²) in [5.74, 6) is -1.33. The van der Waals surface area contributed by atoms with E-state index in [4.69, 9.17) is 10.5 Å². The summed E-state index contributed by atoms with van der Waals surface area (Å²) in [6.45, 7) is -0.0663. The lowest BCUT2D eigenvalue weighted by molar-refractivity contribution is -0.0172. The number of hydrogen-bond donors (Lipinski definition) is 2. The molecule has 1 fully saturated rings. The van der Waals surface area contributed by atoms with Gasteiger partial charge in [0.25, 0.3) is 0 Å². The maximum Gasteiger partial charge on any atom is 0.165 e. The minimum Gasteiger partial charge on any atom is -0.487 e. The Morgan fingerprint density at radius 2 is 2.12 bits per heavy atom. The van der Waals surface area contributed by atoms with E-state index in [-0.39, 0.29) is 24.8 Å². The van der Waals surface area contributed by atoms with Crippen molar-refractivity contribution in [2.24, 2.45) is 11.7 Å². The maximum atomic E-state index is 13.3. The van der Waals surface area contributed by atoms with Gasteiger partial charge >= 0.3 is 0 Å². The van der Waals surface area contributed by atoms with Gasteiger partial charge in [0, 0.05) is 12.6 Å². The SMILES string of the molecule is NCC(O)(COc1cc(F)ccc1F)C1CC1. The fourth-order valence-corrected chi connectivity index (χ4v) is 1.75. The van der Waals surface area contributed by atoms with Crippen LogP contribution in [0.4, 0.5) is 8.78 Å². The highest BCUT2D eigenvalue weighted by Crippen LogP contribution is 2.39. The summed E-state index contributed by atoms with van der Waals surface area (Å²) in [5.41, 5.74) is 4.34. The molecule has 1 atom stereocenters. The van der Waals surface area contributed by atoms with Crippen LogP contribution < -0.4 is 10.5 Å². The third-order valence-electron chi connectivity index (χ3n) is 3.06. The second kappa shape index (κ2) is 4.58. The van der Waals surface area contributed by atoms with Crippen LogP contribution in [-0.4, -0.2) is 23.9 Å². The zero-order chi connectivity index (χ0) is 12.5. The molecule has 2 rings (SSSR count). The summed E-state index contributed by atoms with van der Waals surface area (Å²) < 4.78 is 31.3. The second-order valence-electron chi connectivity index (χ2n) is 4.45. The van der Waals surface area contributed by atoms with Crippen molar-refractivity contribution < 1.29 is 18.6 Å². The van der Waals surface area contributed by atoms with E-state index in [1.807, 2.05) is 0 Å². The smallest absolute Gasteiger partial charge is 0.165 e. The average Bonchev–Trinajstić information content (AvgIpc) is 3.14. The molecule has 1 aliphatic rings. The van der Waals surface area contributed by atoms with Gasteiger partial charge in [-0.3, -0.25) is 0 Å². The minimum atomic E-state index is -1.14. The second-order valence-corrected chi connectivity index (χ2v) is 4.45. The van der Waals surface area contributed by atoms with Crippen molar-refractivity contribution in [3.63, 3.8) is 0 Å². The van der Waals surface area contributed by atoms with Crippen LogP contribution in [0.15, 0.2) is 18.2 Å². The van der Waals surface area contributed by atoms with E-state index in [0.717, 1.165) is 31.0 Å². The monoisotopic (exact) mass is 243 g/mol. The van der Waals surface area contributed by atoms with Crippen molar-refractivity contribution in [2.45, 2.75) is 18.4 Å². The van der Waals surface area contributed by atoms with E-state index in [9.17, 15) is 13.9 Å². The van der Waals surface area contributed by atoms with Crippen LogP contribution in [0.3, 0.4) is 0 Å². The van der Waals surface area contributed by atoms with E-state index in [1.54, 1.807) is 0 Å². The number of benzene rings is 1. The molecule has 94 valence electrons. The lowest BCUT2D eigenvalue weighted by Crippen LogP contribution is -2.45. The number of aliphatic hydroxyl groups is 1. The molecule has 5 heteroatoms. The topological polar surface area (TPSA) is 55.5 Å². The van der Waals surface area contributed by atoms with Gasteiger partial charge in [0.1, 0.15) is 18.0 Å². The number of ether oxygens (including phenoxy) is 1. The van der Waals surface area contributed by atoms with Crippen molar-refractivity contribution in [2.75, 3.05) is 13.2 Å². The highest BCUT2D eigenvalue weighted by atomic mass is 19.1. The normalized spacial score (nSPS) is 18.8. The third kappa shape index (κ3) is 2.73. The standard InChI is InChI=1S/C12H15F2NO2/c13-9-3-4-10(14)11(5-9)17-7-12(16,6-15)8-1-2-8/h3-5,8,16H,1-2,6-7,15H2. The van der Waals surface area contributed by atoms with Crippen LogP contribution in [0.25, 0.3) is 0 Å². The first-order valence-electron chi connectivity index (χ1n) is 5.55. The van der Waals surface area contributed by atoms with Gasteiger partial charge in [0.2, 0.25) is 0 Å². The first-order valence-corrected chi connectivity index (χ1v) is 5.55. The summed E-state index contributed by atoms with van der Waals surface area (Å²) in [4.78, 5) is 0. The van der Waals surface area contributed by atoms with E-state index in [1.165, 1.54) is 0 Å². The third-order valence-corrected chi connectivity index (χ3v) is 3.06. The van der Waals surface area contributed by atoms with E-state index < -0.39 is 17.2 Å². The molecular weight excluding hydrogens is 228 g/mol. The van der Waals surface area contributed by atoms with Crippen LogP contribution in [0.2, 0.25) is 0 Å². The number of halogens is 2. The molecule has 0 spiro atoms. The van der Waals surface area contributed by atoms with Crippen molar-refractivity contribution >= 4 is 0 Å². The van der Waals surface area contributed by atoms with E-state index in [0.29, 0.717) is 0 Å². The molecule has 1 aliphatic carbocycles. The molecule has 3 N–H and O–H groups in total. The molecule has 0 heterocycles. The Hall–Kier alpha value is -1.20. The molecule has 0 radical (unpaired) electrons. The van der Waals surface area contributed by atoms with Gasteiger partial charge in [0.05, 0.1) is 0 Å². The Balaban J connectivity index is 2.03. The fraction of sp³-hybridized carbons (Fsp3) is 0.500. The number of hydrogen-bond acceptors (Lipinski definition) is 3. The van der Waals surface area contributed by atoms with Gasteiger partial charge in [-0.2, -0.15) is 0 Å². The maximum absolute atomic E-state index is 13.3. The Bertz CT molecular complexity index is 409. The summed E-state index contributed by atoms with van der Waals surface area (Å²) >= 11 is 0. The molecule has 0 aliphatic heterocycles. The molecule has 1 saturated carbocycles. The number of rotatable bonds is 5. The highest BCUT2D eigenvalue weighted by Gasteiger charge is 2.43. The zero-order valence-electron chi connectivity index (χ0n) is 9.33. The van der Waals surface area contributed by atoms with E-state index in [2.05, 4.69) is 0 Å². The van der Waals surface area contributed by atoms with Crippen LogP contribution in [-0.2, 0) is 0 Å². The van der Waals surface area contributed by atoms with Gasteiger partial charge in [0.15, 0.2) is 11.6 Å². The van der Waals surface area contributed by atoms with Crippen LogP contribution in [0.1, 0.15) is 12.8 Å². The van der Waals surface area contributed by atoms with Gasteiger partial charge in [-0.25, -0.2) is 8.78 Å². The molecule has 0 aromatic heterocycles. The Labute approximate surface area is 98.2 Å². The average molecular weight is 243 g/mol. The lowest BCUT2D eigenvalue weighted by atomic mass is 9.99. The van der Waals surface area contributed by atoms with Gasteiger partial charge in [-0.15, -0.1) is 0 Å². The molecule has 1 aromatic carbocycles. The molecule has 1 unspecified atom stereocenters.